The fraction of sp³-hybridized carbons (Fsp3) is 0.250. The third kappa shape index (κ3) is 3.18. The summed E-state index contributed by atoms with van der Waals surface area (Å²) in [6.07, 6.45) is 1.43. The van der Waals surface area contributed by atoms with Crippen LogP contribution in [0.15, 0.2) is 36.5 Å². The van der Waals surface area contributed by atoms with E-state index >= 15 is 0 Å². The van der Waals surface area contributed by atoms with Crippen LogP contribution in [-0.4, -0.2) is 24.5 Å². The topological polar surface area (TPSA) is 45.2 Å². The Bertz CT molecular complexity index is 640. The smallest absolute Gasteiger partial charge is 0.261 e. The molecule has 0 spiro atoms. The maximum absolute atomic E-state index is 14.3. The van der Waals surface area contributed by atoms with Crippen molar-refractivity contribution < 1.29 is 9.18 Å². The first-order valence-corrected chi connectivity index (χ1v) is 6.77. The first-order chi connectivity index (χ1) is 10.0. The summed E-state index contributed by atoms with van der Waals surface area (Å²) < 4.78 is 14.3. The zero-order valence-corrected chi connectivity index (χ0v) is 12.4. The molecule has 0 fully saturated rings. The van der Waals surface area contributed by atoms with Crippen LogP contribution < -0.4 is 10.2 Å². The number of anilines is 2. The molecule has 0 aliphatic rings. The Balaban J connectivity index is 2.31. The van der Waals surface area contributed by atoms with E-state index in [9.17, 15) is 9.18 Å². The van der Waals surface area contributed by atoms with Crippen molar-refractivity contribution in [1.29, 1.82) is 0 Å². The highest BCUT2D eigenvalue weighted by Crippen LogP contribution is 2.20. The number of carbonyl (C=O) groups excluding carboxylic acids is 1. The van der Waals surface area contributed by atoms with E-state index in [1.807, 2.05) is 38.1 Å². The number of halogens is 1. The molecule has 0 bridgehead atoms. The lowest BCUT2D eigenvalue weighted by molar-refractivity contribution is 0.0989. The normalized spacial score (nSPS) is 10.3. The van der Waals surface area contributed by atoms with Crippen LogP contribution >= 0.6 is 0 Å². The molecule has 1 amide bonds. The molecule has 5 heteroatoms. The van der Waals surface area contributed by atoms with Crippen molar-refractivity contribution in [2.75, 3.05) is 23.8 Å². The van der Waals surface area contributed by atoms with Crippen LogP contribution in [0, 0.1) is 12.7 Å². The van der Waals surface area contributed by atoms with Crippen LogP contribution in [-0.2, 0) is 0 Å². The largest absolute Gasteiger partial charge is 0.368 e. The predicted molar refractivity (Wildman–Crippen MR) is 82.3 cm³/mol. The maximum Gasteiger partial charge on any atom is 0.261 e. The van der Waals surface area contributed by atoms with E-state index in [-0.39, 0.29) is 11.4 Å². The van der Waals surface area contributed by atoms with Crippen molar-refractivity contribution in [3.8, 4) is 0 Å². The van der Waals surface area contributed by atoms with Gasteiger partial charge in [0.15, 0.2) is 11.6 Å². The summed E-state index contributed by atoms with van der Waals surface area (Å²) in [7, 11) is 1.62. The summed E-state index contributed by atoms with van der Waals surface area (Å²) >= 11 is 0. The number of nitrogens with zero attached hydrogens (tertiary/aromatic N) is 2. The number of pyridine rings is 1. The maximum atomic E-state index is 14.3. The number of rotatable bonds is 4. The second-order valence-electron chi connectivity index (χ2n) is 4.75. The van der Waals surface area contributed by atoms with E-state index in [2.05, 4.69) is 10.3 Å². The minimum absolute atomic E-state index is 0.00373. The molecule has 21 heavy (non-hydrogen) atoms. The van der Waals surface area contributed by atoms with E-state index in [1.165, 1.54) is 17.2 Å². The fourth-order valence-corrected chi connectivity index (χ4v) is 1.97. The Labute approximate surface area is 123 Å². The first kappa shape index (κ1) is 15.0. The molecule has 0 unspecified atom stereocenters. The van der Waals surface area contributed by atoms with Crippen molar-refractivity contribution >= 4 is 17.4 Å². The predicted octanol–water partition coefficient (Wildman–Crippen LogP) is 3.24. The summed E-state index contributed by atoms with van der Waals surface area (Å²) in [5, 5.41) is 2.80. The minimum Gasteiger partial charge on any atom is -0.368 e. The molecule has 0 atom stereocenters. The number of aryl methyl sites for hydroxylation is 1. The molecule has 0 saturated heterocycles. The van der Waals surface area contributed by atoms with Gasteiger partial charge in [-0.15, -0.1) is 0 Å². The van der Waals surface area contributed by atoms with Gasteiger partial charge in [-0.1, -0.05) is 17.7 Å². The molecule has 2 rings (SSSR count). The van der Waals surface area contributed by atoms with Gasteiger partial charge < -0.3 is 10.2 Å². The number of hydrogen-bond donors (Lipinski definition) is 1. The summed E-state index contributed by atoms with van der Waals surface area (Å²) in [5.41, 5.74) is 1.82. The summed E-state index contributed by atoms with van der Waals surface area (Å²) in [5.74, 6) is -0.929. The van der Waals surface area contributed by atoms with Gasteiger partial charge in [-0.3, -0.25) is 4.79 Å². The molecular weight excluding hydrogens is 269 g/mol. The number of carbonyl (C=O) groups is 1. The monoisotopic (exact) mass is 287 g/mol. The lowest BCUT2D eigenvalue weighted by atomic mass is 10.2. The van der Waals surface area contributed by atoms with Crippen molar-refractivity contribution in [1.82, 2.24) is 4.98 Å². The SMILES string of the molecule is CCNc1nccc(C(=O)N(C)c2ccc(C)cc2)c1F. The van der Waals surface area contributed by atoms with E-state index in [1.54, 1.807) is 7.05 Å². The number of hydrogen-bond acceptors (Lipinski definition) is 3. The number of benzene rings is 1. The minimum atomic E-state index is -0.622. The molecule has 110 valence electrons. The van der Waals surface area contributed by atoms with Crippen LogP contribution in [0.25, 0.3) is 0 Å². The van der Waals surface area contributed by atoms with Gasteiger partial charge in [0.25, 0.3) is 5.91 Å². The summed E-state index contributed by atoms with van der Waals surface area (Å²) in [6.45, 7) is 4.35. The Morgan fingerprint density at radius 2 is 1.95 bits per heavy atom. The standard InChI is InChI=1S/C16H18FN3O/c1-4-18-15-14(17)13(9-10-19-15)16(21)20(3)12-7-5-11(2)6-8-12/h5-10H,4H2,1-3H3,(H,18,19). The molecule has 4 nitrogen and oxygen atoms in total. The Morgan fingerprint density at radius 1 is 1.29 bits per heavy atom. The second kappa shape index (κ2) is 6.35. The molecule has 1 N–H and O–H groups in total. The Hall–Kier alpha value is -2.43. The van der Waals surface area contributed by atoms with Gasteiger partial charge in [0.05, 0.1) is 5.56 Å². The number of amides is 1. The molecule has 1 aromatic heterocycles. The quantitative estimate of drug-likeness (QED) is 0.939. The van der Waals surface area contributed by atoms with Crippen molar-refractivity contribution in [2.45, 2.75) is 13.8 Å². The highest BCUT2D eigenvalue weighted by atomic mass is 19.1. The lowest BCUT2D eigenvalue weighted by Crippen LogP contribution is -2.27. The number of nitrogens with one attached hydrogen (secondary N) is 1. The van der Waals surface area contributed by atoms with Crippen molar-refractivity contribution in [2.24, 2.45) is 0 Å². The van der Waals surface area contributed by atoms with Crippen molar-refractivity contribution in [3.05, 3.63) is 53.5 Å². The third-order valence-corrected chi connectivity index (χ3v) is 3.19. The second-order valence-corrected chi connectivity index (χ2v) is 4.75. The third-order valence-electron chi connectivity index (χ3n) is 3.19. The van der Waals surface area contributed by atoms with Gasteiger partial charge in [-0.05, 0) is 32.0 Å². The van der Waals surface area contributed by atoms with E-state index in [4.69, 9.17) is 0 Å². The van der Waals surface area contributed by atoms with Crippen LogP contribution in [0.4, 0.5) is 15.9 Å². The molecule has 1 aromatic carbocycles. The highest BCUT2D eigenvalue weighted by molar-refractivity contribution is 6.06. The molecular formula is C16H18FN3O. The van der Waals surface area contributed by atoms with E-state index < -0.39 is 11.7 Å². The van der Waals surface area contributed by atoms with Gasteiger partial charge in [-0.25, -0.2) is 9.37 Å². The fourth-order valence-electron chi connectivity index (χ4n) is 1.97. The van der Waals surface area contributed by atoms with E-state index in [0.717, 1.165) is 5.56 Å². The van der Waals surface area contributed by atoms with Gasteiger partial charge in [0.1, 0.15) is 0 Å². The Kier molecular flexibility index (Phi) is 4.52. The molecule has 0 saturated carbocycles. The zero-order valence-electron chi connectivity index (χ0n) is 12.4. The summed E-state index contributed by atoms with van der Waals surface area (Å²) in [6, 6.07) is 8.87. The molecule has 1 heterocycles. The van der Waals surface area contributed by atoms with Gasteiger partial charge in [0.2, 0.25) is 0 Å². The average molecular weight is 287 g/mol. The molecule has 2 aromatic rings. The Morgan fingerprint density at radius 3 is 2.57 bits per heavy atom. The van der Waals surface area contributed by atoms with Crippen LogP contribution in [0.1, 0.15) is 22.8 Å². The van der Waals surface area contributed by atoms with Gasteiger partial charge >= 0.3 is 0 Å². The van der Waals surface area contributed by atoms with Gasteiger partial charge in [0, 0.05) is 25.5 Å². The zero-order chi connectivity index (χ0) is 15.4. The van der Waals surface area contributed by atoms with E-state index in [0.29, 0.717) is 12.2 Å². The molecule has 0 radical (unpaired) electrons. The lowest BCUT2D eigenvalue weighted by Gasteiger charge is -2.18. The highest BCUT2D eigenvalue weighted by Gasteiger charge is 2.20. The van der Waals surface area contributed by atoms with Crippen LogP contribution in [0.3, 0.4) is 0 Å². The van der Waals surface area contributed by atoms with Crippen LogP contribution in [0.2, 0.25) is 0 Å². The van der Waals surface area contributed by atoms with Crippen LogP contribution in [0.5, 0.6) is 0 Å². The number of aromatic nitrogens is 1. The van der Waals surface area contributed by atoms with Gasteiger partial charge in [-0.2, -0.15) is 0 Å². The molecule has 0 aliphatic carbocycles. The van der Waals surface area contributed by atoms with Crippen molar-refractivity contribution in [3.63, 3.8) is 0 Å². The average Bonchev–Trinajstić information content (AvgIpc) is 2.49. The molecule has 0 aliphatic heterocycles. The first-order valence-electron chi connectivity index (χ1n) is 6.77. The summed E-state index contributed by atoms with van der Waals surface area (Å²) in [4.78, 5) is 17.8.